The molecule has 10 heteroatoms. The van der Waals surface area contributed by atoms with Crippen LogP contribution in [0.3, 0.4) is 0 Å². The fourth-order valence-electron chi connectivity index (χ4n) is 3.10. The number of benzene rings is 1. The Morgan fingerprint density at radius 3 is 2.67 bits per heavy atom. The van der Waals surface area contributed by atoms with Gasteiger partial charge in [0, 0.05) is 5.69 Å². The third kappa shape index (κ3) is 3.60. The first-order chi connectivity index (χ1) is 14.3. The lowest BCUT2D eigenvalue weighted by molar-refractivity contribution is 0.102. The van der Waals surface area contributed by atoms with Crippen LogP contribution in [0.25, 0.3) is 21.7 Å². The molecule has 1 aromatic carbocycles. The predicted molar refractivity (Wildman–Crippen MR) is 115 cm³/mol. The molecule has 1 amide bonds. The van der Waals surface area contributed by atoms with Gasteiger partial charge in [0.1, 0.15) is 0 Å². The van der Waals surface area contributed by atoms with Gasteiger partial charge >= 0.3 is 0 Å². The highest BCUT2D eigenvalue weighted by Gasteiger charge is 2.21. The van der Waals surface area contributed by atoms with E-state index in [0.717, 1.165) is 4.88 Å². The number of carbonyl (C=O) groups excluding carboxylic acids is 1. The van der Waals surface area contributed by atoms with E-state index in [2.05, 4.69) is 20.2 Å². The Morgan fingerprint density at radius 2 is 1.97 bits per heavy atom. The van der Waals surface area contributed by atoms with Gasteiger partial charge in [-0.1, -0.05) is 17.3 Å². The molecule has 0 atom stereocenters. The Morgan fingerprint density at radius 1 is 1.17 bits per heavy atom. The Hall–Kier alpha value is -3.08. The number of hydrogen-bond acceptors (Lipinski definition) is 7. The molecule has 0 bridgehead atoms. The minimum Gasteiger partial charge on any atom is -0.335 e. The zero-order chi connectivity index (χ0) is 21.5. The number of anilines is 1. The van der Waals surface area contributed by atoms with Crippen LogP contribution in [-0.2, 0) is 10.0 Å². The number of fused-ring (bicyclic) bond motifs is 1. The van der Waals surface area contributed by atoms with Crippen molar-refractivity contribution >= 4 is 44.1 Å². The summed E-state index contributed by atoms with van der Waals surface area (Å²) in [5.74, 6) is -0.414. The number of sulfonamides is 1. The van der Waals surface area contributed by atoms with Gasteiger partial charge in [-0.25, -0.2) is 18.1 Å². The minimum absolute atomic E-state index is 0.100. The normalized spacial score (nSPS) is 11.7. The molecule has 2 N–H and O–H groups in total. The van der Waals surface area contributed by atoms with Gasteiger partial charge in [0.05, 0.1) is 32.1 Å². The van der Waals surface area contributed by atoms with Gasteiger partial charge in [-0.3, -0.25) is 4.79 Å². The number of nitrogens with one attached hydrogen (secondary N) is 2. The third-order valence-electron chi connectivity index (χ3n) is 4.64. The lowest BCUT2D eigenvalue weighted by Gasteiger charge is -2.11. The van der Waals surface area contributed by atoms with E-state index in [4.69, 9.17) is 4.52 Å². The standard InChI is InChI=1S/C20H18N4O4S2/c1-11-6-7-13(9-17(11)30(26,27)21-3)22-19(25)14-10-15(16-5-4-8-29-16)23-20-18(14)12(2)24-28-20/h4-10,21H,1-3H3,(H,22,25). The highest BCUT2D eigenvalue weighted by molar-refractivity contribution is 7.89. The smallest absolute Gasteiger partial charge is 0.259 e. The third-order valence-corrected chi connectivity index (χ3v) is 7.09. The van der Waals surface area contributed by atoms with Crippen molar-refractivity contribution < 1.29 is 17.7 Å². The first kappa shape index (κ1) is 20.2. The van der Waals surface area contributed by atoms with E-state index in [1.807, 2.05) is 17.5 Å². The Bertz CT molecular complexity index is 1360. The Balaban J connectivity index is 1.77. The molecule has 0 saturated heterocycles. The second-order valence-corrected chi connectivity index (χ2v) is 9.43. The van der Waals surface area contributed by atoms with Gasteiger partial charge < -0.3 is 9.84 Å². The lowest BCUT2D eigenvalue weighted by Crippen LogP contribution is -2.20. The van der Waals surface area contributed by atoms with Crippen LogP contribution in [0.4, 0.5) is 5.69 Å². The number of aryl methyl sites for hydroxylation is 2. The van der Waals surface area contributed by atoms with Crippen molar-refractivity contribution in [3.05, 3.63) is 58.6 Å². The van der Waals surface area contributed by atoms with Crippen LogP contribution in [0.2, 0.25) is 0 Å². The average Bonchev–Trinajstić information content (AvgIpc) is 3.39. The molecule has 4 aromatic rings. The van der Waals surface area contributed by atoms with Crippen molar-refractivity contribution in [1.29, 1.82) is 0 Å². The maximum absolute atomic E-state index is 13.1. The van der Waals surface area contributed by atoms with E-state index in [1.165, 1.54) is 24.5 Å². The first-order valence-corrected chi connectivity index (χ1v) is 11.3. The van der Waals surface area contributed by atoms with Crippen LogP contribution >= 0.6 is 11.3 Å². The van der Waals surface area contributed by atoms with Crippen LogP contribution in [0.5, 0.6) is 0 Å². The van der Waals surface area contributed by atoms with Crippen molar-refractivity contribution in [2.45, 2.75) is 18.7 Å². The highest BCUT2D eigenvalue weighted by atomic mass is 32.2. The van der Waals surface area contributed by atoms with Crippen molar-refractivity contribution in [2.75, 3.05) is 12.4 Å². The number of rotatable bonds is 5. The van der Waals surface area contributed by atoms with Gasteiger partial charge in [0.15, 0.2) is 0 Å². The highest BCUT2D eigenvalue weighted by Crippen LogP contribution is 2.30. The van der Waals surface area contributed by atoms with E-state index in [-0.39, 0.29) is 10.6 Å². The molecule has 3 heterocycles. The second-order valence-electron chi connectivity index (χ2n) is 6.62. The quantitative estimate of drug-likeness (QED) is 0.487. The van der Waals surface area contributed by atoms with E-state index in [9.17, 15) is 13.2 Å². The number of hydrogen-bond donors (Lipinski definition) is 2. The predicted octanol–water partition coefficient (Wildman–Crippen LogP) is 3.73. The van der Waals surface area contributed by atoms with Crippen molar-refractivity contribution in [1.82, 2.24) is 14.9 Å². The van der Waals surface area contributed by atoms with Gasteiger partial charge in [-0.15, -0.1) is 11.3 Å². The molecule has 30 heavy (non-hydrogen) atoms. The van der Waals surface area contributed by atoms with Gasteiger partial charge in [0.2, 0.25) is 10.0 Å². The molecule has 0 fully saturated rings. The van der Waals surface area contributed by atoms with Gasteiger partial charge in [-0.05, 0) is 56.1 Å². The van der Waals surface area contributed by atoms with Crippen LogP contribution < -0.4 is 10.0 Å². The van der Waals surface area contributed by atoms with Crippen molar-refractivity contribution in [2.24, 2.45) is 0 Å². The van der Waals surface area contributed by atoms with Crippen molar-refractivity contribution in [3.63, 3.8) is 0 Å². The Labute approximate surface area is 177 Å². The molecule has 0 aliphatic carbocycles. The molecule has 154 valence electrons. The maximum Gasteiger partial charge on any atom is 0.259 e. The zero-order valence-corrected chi connectivity index (χ0v) is 18.0. The summed E-state index contributed by atoms with van der Waals surface area (Å²) < 4.78 is 32.1. The summed E-state index contributed by atoms with van der Waals surface area (Å²) in [7, 11) is -2.31. The fraction of sp³-hybridized carbons (Fsp3) is 0.150. The van der Waals surface area contributed by atoms with Crippen LogP contribution in [0, 0.1) is 13.8 Å². The average molecular weight is 443 g/mol. The van der Waals surface area contributed by atoms with E-state index in [0.29, 0.717) is 33.6 Å². The number of amides is 1. The number of aromatic nitrogens is 2. The SMILES string of the molecule is CNS(=O)(=O)c1cc(NC(=O)c2cc(-c3cccs3)nc3onc(C)c23)ccc1C. The molecule has 4 rings (SSSR count). The van der Waals surface area contributed by atoms with Crippen LogP contribution in [-0.4, -0.2) is 31.5 Å². The molecule has 8 nitrogen and oxygen atoms in total. The summed E-state index contributed by atoms with van der Waals surface area (Å²) in [4.78, 5) is 18.6. The Kier molecular flexibility index (Phi) is 5.14. The lowest BCUT2D eigenvalue weighted by atomic mass is 10.1. The molecule has 0 aliphatic rings. The number of pyridine rings is 1. The van der Waals surface area contributed by atoms with Crippen molar-refractivity contribution in [3.8, 4) is 10.6 Å². The summed E-state index contributed by atoms with van der Waals surface area (Å²) in [6.45, 7) is 3.43. The summed E-state index contributed by atoms with van der Waals surface area (Å²) >= 11 is 1.49. The van der Waals surface area contributed by atoms with Crippen LogP contribution in [0.15, 0.2) is 51.2 Å². The second kappa shape index (κ2) is 7.63. The molecular formula is C20H18N4O4S2. The largest absolute Gasteiger partial charge is 0.335 e. The van der Waals surface area contributed by atoms with Gasteiger partial charge in [0.25, 0.3) is 11.6 Å². The maximum atomic E-state index is 13.1. The summed E-state index contributed by atoms with van der Waals surface area (Å²) in [5, 5.41) is 9.15. The summed E-state index contributed by atoms with van der Waals surface area (Å²) in [5.41, 5.74) is 2.69. The number of thiophene rings is 1. The van der Waals surface area contributed by atoms with E-state index < -0.39 is 15.9 Å². The molecule has 0 aliphatic heterocycles. The van der Waals surface area contributed by atoms with Crippen LogP contribution in [0.1, 0.15) is 21.6 Å². The number of carbonyl (C=O) groups is 1. The summed E-state index contributed by atoms with van der Waals surface area (Å²) in [6, 6.07) is 10.2. The fourth-order valence-corrected chi connectivity index (χ4v) is 4.78. The monoisotopic (exact) mass is 442 g/mol. The summed E-state index contributed by atoms with van der Waals surface area (Å²) in [6.07, 6.45) is 0. The molecule has 0 unspecified atom stereocenters. The molecule has 0 spiro atoms. The number of nitrogens with zero attached hydrogens (tertiary/aromatic N) is 2. The molecular weight excluding hydrogens is 424 g/mol. The molecule has 0 radical (unpaired) electrons. The van der Waals surface area contributed by atoms with Gasteiger partial charge in [-0.2, -0.15) is 0 Å². The minimum atomic E-state index is -3.66. The zero-order valence-electron chi connectivity index (χ0n) is 16.4. The van der Waals surface area contributed by atoms with E-state index >= 15 is 0 Å². The topological polar surface area (TPSA) is 114 Å². The van der Waals surface area contributed by atoms with E-state index in [1.54, 1.807) is 32.0 Å². The first-order valence-electron chi connectivity index (χ1n) is 8.96. The molecule has 3 aromatic heterocycles. The molecule has 0 saturated carbocycles.